The van der Waals surface area contributed by atoms with E-state index >= 15 is 0 Å². The van der Waals surface area contributed by atoms with E-state index in [4.69, 9.17) is 9.26 Å². The van der Waals surface area contributed by atoms with Crippen molar-refractivity contribution < 1.29 is 18.8 Å². The lowest BCUT2D eigenvalue weighted by Crippen LogP contribution is -2.37. The first kappa shape index (κ1) is 17.2. The van der Waals surface area contributed by atoms with Gasteiger partial charge in [-0.05, 0) is 41.0 Å². The Morgan fingerprint density at radius 2 is 1.95 bits per heavy atom. The van der Waals surface area contributed by atoms with Crippen LogP contribution in [0.3, 0.4) is 0 Å². The number of carbonyl (C=O) groups is 2. The van der Waals surface area contributed by atoms with Crippen LogP contribution in [0.4, 0.5) is 0 Å². The Bertz CT molecular complexity index is 495. The molecule has 0 aliphatic rings. The van der Waals surface area contributed by atoms with Gasteiger partial charge in [0.2, 0.25) is 5.91 Å². The predicted molar refractivity (Wildman–Crippen MR) is 77.9 cm³/mol. The van der Waals surface area contributed by atoms with Gasteiger partial charge in [-0.25, -0.2) is 0 Å². The number of carbonyl (C=O) groups excluding carboxylic acids is 2. The van der Waals surface area contributed by atoms with Gasteiger partial charge < -0.3 is 14.6 Å². The predicted octanol–water partition coefficient (Wildman–Crippen LogP) is 2.24. The molecule has 0 saturated heterocycles. The number of aromatic nitrogens is 1. The summed E-state index contributed by atoms with van der Waals surface area (Å²) in [6, 6.07) is 0. The molecular formula is C15H24N2O4. The lowest BCUT2D eigenvalue weighted by molar-refractivity contribution is -0.154. The van der Waals surface area contributed by atoms with Gasteiger partial charge in [-0.15, -0.1) is 0 Å². The maximum absolute atomic E-state index is 12.3. The molecule has 1 heterocycles. The van der Waals surface area contributed by atoms with Crippen LogP contribution in [-0.4, -0.2) is 29.2 Å². The van der Waals surface area contributed by atoms with Crippen molar-refractivity contribution in [2.24, 2.45) is 0 Å². The Morgan fingerprint density at radius 3 is 2.38 bits per heavy atom. The first-order chi connectivity index (χ1) is 9.65. The molecule has 1 aromatic heterocycles. The average molecular weight is 296 g/mol. The molecule has 21 heavy (non-hydrogen) atoms. The normalized spacial score (nSPS) is 12.9. The quantitative estimate of drug-likeness (QED) is 0.843. The highest BCUT2D eigenvalue weighted by Gasteiger charge is 2.26. The summed E-state index contributed by atoms with van der Waals surface area (Å²) in [5.41, 5.74) is 0.930. The summed E-state index contributed by atoms with van der Waals surface area (Å²) in [5.74, 6) is -0.423. The average Bonchev–Trinajstić information content (AvgIpc) is 2.67. The number of nitrogens with zero attached hydrogens (tertiary/aromatic N) is 1. The van der Waals surface area contributed by atoms with Crippen LogP contribution < -0.4 is 5.32 Å². The SMILES string of the molecule is CCC(C(=O)NCC(=O)OC(C)(C)C)c1c(C)noc1C. The van der Waals surface area contributed by atoms with Gasteiger partial charge in [0.05, 0.1) is 11.6 Å². The van der Waals surface area contributed by atoms with Crippen LogP contribution in [0.2, 0.25) is 0 Å². The molecule has 0 radical (unpaired) electrons. The second kappa shape index (κ2) is 6.74. The van der Waals surface area contributed by atoms with E-state index in [9.17, 15) is 9.59 Å². The Hall–Kier alpha value is -1.85. The van der Waals surface area contributed by atoms with Crippen LogP contribution in [-0.2, 0) is 14.3 Å². The van der Waals surface area contributed by atoms with E-state index in [1.54, 1.807) is 34.6 Å². The second-order valence-corrected chi connectivity index (χ2v) is 6.00. The molecule has 6 heteroatoms. The maximum atomic E-state index is 12.3. The van der Waals surface area contributed by atoms with Crippen LogP contribution in [0.25, 0.3) is 0 Å². The van der Waals surface area contributed by atoms with Gasteiger partial charge in [0.1, 0.15) is 17.9 Å². The third-order valence-corrected chi connectivity index (χ3v) is 2.99. The van der Waals surface area contributed by atoms with Crippen molar-refractivity contribution in [1.29, 1.82) is 0 Å². The van der Waals surface area contributed by atoms with Crippen molar-refractivity contribution in [3.8, 4) is 0 Å². The van der Waals surface area contributed by atoms with E-state index < -0.39 is 11.6 Å². The molecule has 0 spiro atoms. The zero-order valence-corrected chi connectivity index (χ0v) is 13.6. The molecule has 0 aliphatic carbocycles. The lowest BCUT2D eigenvalue weighted by atomic mass is 9.94. The number of aryl methyl sites for hydroxylation is 2. The summed E-state index contributed by atoms with van der Waals surface area (Å²) < 4.78 is 10.3. The molecule has 1 aromatic rings. The topological polar surface area (TPSA) is 81.4 Å². The smallest absolute Gasteiger partial charge is 0.325 e. The second-order valence-electron chi connectivity index (χ2n) is 6.00. The third-order valence-electron chi connectivity index (χ3n) is 2.99. The zero-order chi connectivity index (χ0) is 16.2. The van der Waals surface area contributed by atoms with Crippen molar-refractivity contribution >= 4 is 11.9 Å². The van der Waals surface area contributed by atoms with E-state index in [0.717, 1.165) is 5.56 Å². The van der Waals surface area contributed by atoms with E-state index in [-0.39, 0.29) is 18.4 Å². The van der Waals surface area contributed by atoms with Crippen molar-refractivity contribution in [3.05, 3.63) is 17.0 Å². The Labute approximate surface area is 125 Å². The minimum atomic E-state index is -0.562. The minimum Gasteiger partial charge on any atom is -0.459 e. The van der Waals surface area contributed by atoms with Gasteiger partial charge >= 0.3 is 5.97 Å². The van der Waals surface area contributed by atoms with Crippen LogP contribution in [0.15, 0.2) is 4.52 Å². The monoisotopic (exact) mass is 296 g/mol. The number of hydrogen-bond acceptors (Lipinski definition) is 5. The molecule has 0 aromatic carbocycles. The molecule has 6 nitrogen and oxygen atoms in total. The fraction of sp³-hybridized carbons (Fsp3) is 0.667. The molecule has 1 atom stereocenters. The van der Waals surface area contributed by atoms with Gasteiger partial charge in [0.15, 0.2) is 0 Å². The van der Waals surface area contributed by atoms with E-state index in [1.807, 2.05) is 6.92 Å². The van der Waals surface area contributed by atoms with Gasteiger partial charge in [-0.2, -0.15) is 0 Å². The summed E-state index contributed by atoms with van der Waals surface area (Å²) in [6.45, 7) is 10.7. The lowest BCUT2D eigenvalue weighted by Gasteiger charge is -2.20. The van der Waals surface area contributed by atoms with Crippen molar-refractivity contribution in [2.75, 3.05) is 6.54 Å². The molecule has 0 fully saturated rings. The zero-order valence-electron chi connectivity index (χ0n) is 13.6. The molecular weight excluding hydrogens is 272 g/mol. The summed E-state index contributed by atoms with van der Waals surface area (Å²) in [4.78, 5) is 23.9. The van der Waals surface area contributed by atoms with Gasteiger partial charge in [0.25, 0.3) is 0 Å². The highest BCUT2D eigenvalue weighted by Crippen LogP contribution is 2.26. The molecule has 1 rings (SSSR count). The van der Waals surface area contributed by atoms with Crippen LogP contribution >= 0.6 is 0 Å². The van der Waals surface area contributed by atoms with Crippen molar-refractivity contribution in [3.63, 3.8) is 0 Å². The molecule has 0 bridgehead atoms. The highest BCUT2D eigenvalue weighted by molar-refractivity contribution is 5.87. The number of nitrogens with one attached hydrogen (secondary N) is 1. The summed E-state index contributed by atoms with van der Waals surface area (Å²) in [5, 5.41) is 6.48. The largest absolute Gasteiger partial charge is 0.459 e. The fourth-order valence-corrected chi connectivity index (χ4v) is 2.17. The van der Waals surface area contributed by atoms with E-state index in [2.05, 4.69) is 10.5 Å². The van der Waals surface area contributed by atoms with Gasteiger partial charge in [-0.3, -0.25) is 9.59 Å². The summed E-state index contributed by atoms with van der Waals surface area (Å²) >= 11 is 0. The van der Waals surface area contributed by atoms with Crippen LogP contribution in [0.5, 0.6) is 0 Å². The molecule has 1 unspecified atom stereocenters. The number of hydrogen-bond donors (Lipinski definition) is 1. The summed E-state index contributed by atoms with van der Waals surface area (Å²) in [6.07, 6.45) is 0.600. The van der Waals surface area contributed by atoms with E-state index in [1.165, 1.54) is 0 Å². The highest BCUT2D eigenvalue weighted by atomic mass is 16.6. The third kappa shape index (κ3) is 4.88. The van der Waals surface area contributed by atoms with E-state index in [0.29, 0.717) is 17.9 Å². The first-order valence-electron chi connectivity index (χ1n) is 7.08. The Kier molecular flexibility index (Phi) is 5.52. The Balaban J connectivity index is 2.67. The van der Waals surface area contributed by atoms with Crippen molar-refractivity contribution in [1.82, 2.24) is 10.5 Å². The number of esters is 1. The number of amides is 1. The van der Waals surface area contributed by atoms with Gasteiger partial charge in [0, 0.05) is 5.56 Å². The molecule has 0 saturated carbocycles. The van der Waals surface area contributed by atoms with Gasteiger partial charge in [-0.1, -0.05) is 12.1 Å². The Morgan fingerprint density at radius 1 is 1.33 bits per heavy atom. The van der Waals surface area contributed by atoms with Crippen LogP contribution in [0, 0.1) is 13.8 Å². The number of rotatable bonds is 5. The molecule has 0 aliphatic heterocycles. The fourth-order valence-electron chi connectivity index (χ4n) is 2.17. The maximum Gasteiger partial charge on any atom is 0.325 e. The first-order valence-corrected chi connectivity index (χ1v) is 7.08. The molecule has 1 amide bonds. The minimum absolute atomic E-state index is 0.143. The summed E-state index contributed by atoms with van der Waals surface area (Å²) in [7, 11) is 0. The van der Waals surface area contributed by atoms with Crippen molar-refractivity contribution in [2.45, 2.75) is 59.5 Å². The molecule has 118 valence electrons. The van der Waals surface area contributed by atoms with Crippen LogP contribution in [0.1, 0.15) is 57.1 Å². The molecule has 1 N–H and O–H groups in total. The number of ether oxygens (including phenoxy) is 1. The standard InChI is InChI=1S/C15H24N2O4/c1-7-11(13-9(2)17-21-10(13)3)14(19)16-8-12(18)20-15(4,5)6/h11H,7-8H2,1-6H3,(H,16,19).